The molecule has 0 aliphatic carbocycles. The van der Waals surface area contributed by atoms with Gasteiger partial charge < -0.3 is 4.90 Å². The van der Waals surface area contributed by atoms with E-state index in [9.17, 15) is 13.6 Å². The molecule has 0 spiro atoms. The van der Waals surface area contributed by atoms with Gasteiger partial charge in [-0.3, -0.25) is 9.48 Å². The molecule has 0 bridgehead atoms. The highest BCUT2D eigenvalue weighted by Gasteiger charge is 2.28. The summed E-state index contributed by atoms with van der Waals surface area (Å²) >= 11 is 1.44. The Morgan fingerprint density at radius 1 is 1.38 bits per heavy atom. The van der Waals surface area contributed by atoms with Crippen LogP contribution in [-0.4, -0.2) is 22.7 Å². The number of halogens is 2. The zero-order chi connectivity index (χ0) is 18.9. The minimum absolute atomic E-state index is 0.0220. The van der Waals surface area contributed by atoms with Gasteiger partial charge in [0.15, 0.2) is 0 Å². The first-order valence-electron chi connectivity index (χ1n) is 7.96. The highest BCUT2D eigenvalue weighted by atomic mass is 32.1. The highest BCUT2D eigenvalue weighted by molar-refractivity contribution is 7.08. The largest absolute Gasteiger partial charge is 0.310 e. The van der Waals surface area contributed by atoms with Gasteiger partial charge >= 0.3 is 0 Å². The number of carbonyl (C=O) groups excluding carboxylic acids is 1. The van der Waals surface area contributed by atoms with E-state index in [2.05, 4.69) is 18.9 Å². The van der Waals surface area contributed by atoms with Crippen molar-refractivity contribution in [2.24, 2.45) is 7.05 Å². The standard InChI is InChI=1S/C12H13F2N3OS.C3H8.C2H6/c1-7-9(10(11(13)14)15-17(7)3)12(18)16(2)8-4-5-19-6-8;1-3-2;1-2/h4-6,11H,1-3H3;3H2,1-2H3;1-2H3. The fourth-order valence-corrected chi connectivity index (χ4v) is 2.46. The Hall–Kier alpha value is -1.76. The van der Waals surface area contributed by atoms with Gasteiger partial charge in [0.1, 0.15) is 5.69 Å². The number of alkyl halides is 2. The van der Waals surface area contributed by atoms with E-state index < -0.39 is 18.0 Å². The third-order valence-electron chi connectivity index (χ3n) is 2.98. The molecule has 2 aromatic rings. The van der Waals surface area contributed by atoms with Gasteiger partial charge in [-0.1, -0.05) is 34.1 Å². The number of rotatable bonds is 3. The first kappa shape index (κ1) is 22.2. The smallest absolute Gasteiger partial charge is 0.282 e. The van der Waals surface area contributed by atoms with Crippen molar-refractivity contribution in [3.63, 3.8) is 0 Å². The van der Waals surface area contributed by atoms with Gasteiger partial charge in [0.05, 0.1) is 11.3 Å². The molecular formula is C17H27F2N3OS. The van der Waals surface area contributed by atoms with Gasteiger partial charge in [-0.15, -0.1) is 0 Å². The zero-order valence-electron chi connectivity index (χ0n) is 15.4. The lowest BCUT2D eigenvalue weighted by Crippen LogP contribution is -2.27. The average molecular weight is 359 g/mol. The Bertz CT molecular complexity index is 610. The van der Waals surface area contributed by atoms with Crippen LogP contribution in [0.3, 0.4) is 0 Å². The van der Waals surface area contributed by atoms with E-state index in [0.29, 0.717) is 11.4 Å². The lowest BCUT2D eigenvalue weighted by atomic mass is 10.1. The lowest BCUT2D eigenvalue weighted by Gasteiger charge is -2.16. The average Bonchev–Trinajstić information content (AvgIpc) is 3.18. The Morgan fingerprint density at radius 2 is 1.92 bits per heavy atom. The number of hydrogen-bond acceptors (Lipinski definition) is 3. The number of hydrogen-bond donors (Lipinski definition) is 0. The topological polar surface area (TPSA) is 38.1 Å². The van der Waals surface area contributed by atoms with Crippen molar-refractivity contribution in [1.82, 2.24) is 9.78 Å². The third-order valence-corrected chi connectivity index (χ3v) is 3.65. The monoisotopic (exact) mass is 359 g/mol. The van der Waals surface area contributed by atoms with Crippen molar-refractivity contribution in [1.29, 1.82) is 0 Å². The summed E-state index contributed by atoms with van der Waals surface area (Å²) in [4.78, 5) is 13.7. The Morgan fingerprint density at radius 3 is 2.33 bits per heavy atom. The summed E-state index contributed by atoms with van der Waals surface area (Å²) < 4.78 is 27.2. The fourth-order valence-electron chi connectivity index (χ4n) is 1.78. The molecule has 0 aliphatic heterocycles. The van der Waals surface area contributed by atoms with Crippen LogP contribution >= 0.6 is 11.3 Å². The van der Waals surface area contributed by atoms with Crippen LogP contribution in [0.25, 0.3) is 0 Å². The van der Waals surface area contributed by atoms with Crippen LogP contribution in [0.2, 0.25) is 0 Å². The van der Waals surface area contributed by atoms with Crippen molar-refractivity contribution in [3.8, 4) is 0 Å². The molecule has 24 heavy (non-hydrogen) atoms. The number of aryl methyl sites for hydroxylation is 1. The minimum atomic E-state index is -2.77. The Kier molecular flexibility index (Phi) is 10.1. The van der Waals surface area contributed by atoms with E-state index in [1.54, 1.807) is 32.5 Å². The van der Waals surface area contributed by atoms with E-state index in [1.165, 1.54) is 27.3 Å². The molecule has 0 radical (unpaired) electrons. The number of amides is 1. The molecule has 1 amide bonds. The molecule has 2 heterocycles. The summed E-state index contributed by atoms with van der Waals surface area (Å²) in [5.41, 5.74) is 0.624. The number of nitrogens with zero attached hydrogens (tertiary/aromatic N) is 3. The van der Waals surface area contributed by atoms with Crippen molar-refractivity contribution in [2.45, 2.75) is 47.5 Å². The van der Waals surface area contributed by atoms with Crippen LogP contribution in [0.1, 0.15) is 62.3 Å². The second-order valence-electron chi connectivity index (χ2n) is 4.82. The first-order valence-corrected chi connectivity index (χ1v) is 8.91. The lowest BCUT2D eigenvalue weighted by molar-refractivity contribution is 0.0977. The fraction of sp³-hybridized carbons (Fsp3) is 0.529. The van der Waals surface area contributed by atoms with Crippen LogP contribution in [0.4, 0.5) is 14.5 Å². The highest BCUT2D eigenvalue weighted by Crippen LogP contribution is 2.27. The minimum Gasteiger partial charge on any atom is -0.310 e. The van der Waals surface area contributed by atoms with Gasteiger partial charge in [-0.25, -0.2) is 8.78 Å². The van der Waals surface area contributed by atoms with Crippen molar-refractivity contribution in [3.05, 3.63) is 33.8 Å². The van der Waals surface area contributed by atoms with Gasteiger partial charge in [0.2, 0.25) is 0 Å². The summed E-state index contributed by atoms with van der Waals surface area (Å²) in [6, 6.07) is 1.76. The van der Waals surface area contributed by atoms with Crippen LogP contribution in [0.5, 0.6) is 0 Å². The van der Waals surface area contributed by atoms with Crippen LogP contribution < -0.4 is 4.90 Å². The predicted molar refractivity (Wildman–Crippen MR) is 97.3 cm³/mol. The summed E-state index contributed by atoms with van der Waals surface area (Å²) in [6.07, 6.45) is -1.52. The van der Waals surface area contributed by atoms with E-state index in [4.69, 9.17) is 0 Å². The summed E-state index contributed by atoms with van der Waals surface area (Å²) in [6.45, 7) is 9.85. The zero-order valence-corrected chi connectivity index (χ0v) is 16.2. The molecule has 0 saturated carbocycles. The SMILES string of the molecule is CC.CCC.Cc1c(C(=O)N(C)c2ccsc2)c(C(F)F)nn1C. The molecule has 136 valence electrons. The molecule has 0 aromatic carbocycles. The Labute approximate surface area is 147 Å². The number of thiophene rings is 1. The number of anilines is 1. The van der Waals surface area contributed by atoms with Crippen molar-refractivity contribution < 1.29 is 13.6 Å². The molecule has 0 unspecified atom stereocenters. The van der Waals surface area contributed by atoms with Gasteiger partial charge in [-0.2, -0.15) is 16.4 Å². The maximum atomic E-state index is 12.9. The van der Waals surface area contributed by atoms with Crippen molar-refractivity contribution in [2.75, 3.05) is 11.9 Å². The molecule has 0 saturated heterocycles. The van der Waals surface area contributed by atoms with Gasteiger partial charge in [-0.05, 0) is 18.4 Å². The summed E-state index contributed by atoms with van der Waals surface area (Å²) in [5, 5.41) is 7.32. The maximum Gasteiger partial charge on any atom is 0.282 e. The maximum absolute atomic E-state index is 12.9. The molecule has 0 aliphatic rings. The normalized spacial score (nSPS) is 9.75. The second-order valence-corrected chi connectivity index (χ2v) is 5.60. The van der Waals surface area contributed by atoms with Crippen LogP contribution in [-0.2, 0) is 7.05 Å². The van der Waals surface area contributed by atoms with Crippen LogP contribution in [0.15, 0.2) is 16.8 Å². The molecule has 0 fully saturated rings. The van der Waals surface area contributed by atoms with E-state index >= 15 is 0 Å². The number of carbonyl (C=O) groups is 1. The number of aromatic nitrogens is 2. The van der Waals surface area contributed by atoms with Crippen molar-refractivity contribution >= 4 is 22.9 Å². The summed E-state index contributed by atoms with van der Waals surface area (Å²) in [7, 11) is 3.11. The Balaban J connectivity index is 0.000000952. The molecule has 7 heteroatoms. The molecular weight excluding hydrogens is 332 g/mol. The quantitative estimate of drug-likeness (QED) is 0.731. The van der Waals surface area contributed by atoms with Gasteiger partial charge in [0, 0.05) is 25.2 Å². The second kappa shape index (κ2) is 10.9. The molecule has 0 atom stereocenters. The molecule has 2 aromatic heterocycles. The van der Waals surface area contributed by atoms with E-state index in [-0.39, 0.29) is 5.56 Å². The van der Waals surface area contributed by atoms with Gasteiger partial charge in [0.25, 0.3) is 12.3 Å². The van der Waals surface area contributed by atoms with Crippen LogP contribution in [0, 0.1) is 6.92 Å². The first-order chi connectivity index (χ1) is 11.3. The predicted octanol–water partition coefficient (Wildman–Crippen LogP) is 5.45. The molecule has 4 nitrogen and oxygen atoms in total. The molecule has 0 N–H and O–H groups in total. The third kappa shape index (κ3) is 5.40. The molecule has 2 rings (SSSR count). The van der Waals surface area contributed by atoms with E-state index in [1.807, 2.05) is 19.2 Å². The summed E-state index contributed by atoms with van der Waals surface area (Å²) in [5.74, 6) is -0.473. The van der Waals surface area contributed by atoms with E-state index in [0.717, 1.165) is 0 Å².